The highest BCUT2D eigenvalue weighted by molar-refractivity contribution is 5.85. The minimum Gasteiger partial charge on any atom is -0.478 e. The number of aliphatic imine (C=N–C) groups is 1. The van der Waals surface area contributed by atoms with Gasteiger partial charge in [-0.2, -0.15) is 0 Å². The van der Waals surface area contributed by atoms with Gasteiger partial charge >= 0.3 is 5.97 Å². The number of nitrogens with two attached hydrogens (primary N) is 1. The van der Waals surface area contributed by atoms with Gasteiger partial charge in [0.2, 0.25) is 5.89 Å². The van der Waals surface area contributed by atoms with Crippen LogP contribution < -0.4 is 11.3 Å². The van der Waals surface area contributed by atoms with Crippen LogP contribution in [-0.2, 0) is 4.79 Å². The van der Waals surface area contributed by atoms with E-state index in [1.165, 1.54) is 12.4 Å². The number of carboxylic acids is 1. The molecule has 0 bridgehead atoms. The summed E-state index contributed by atoms with van der Waals surface area (Å²) in [6.07, 6.45) is 5.59. The van der Waals surface area contributed by atoms with Crippen molar-refractivity contribution in [3.05, 3.63) is 66.4 Å². The number of nitrogens with one attached hydrogen (secondary N) is 1. The Kier molecular flexibility index (Phi) is 5.21. The van der Waals surface area contributed by atoms with Crippen LogP contribution in [0, 0.1) is 0 Å². The van der Waals surface area contributed by atoms with Crippen molar-refractivity contribution < 1.29 is 14.3 Å². The molecule has 0 atom stereocenters. The molecule has 130 valence electrons. The van der Waals surface area contributed by atoms with Crippen LogP contribution >= 0.6 is 0 Å². The summed E-state index contributed by atoms with van der Waals surface area (Å²) in [7, 11) is 0. The highest BCUT2D eigenvalue weighted by atomic mass is 16.4. The van der Waals surface area contributed by atoms with E-state index in [0.717, 1.165) is 28.5 Å². The third kappa shape index (κ3) is 4.22. The molecule has 4 N–H and O–H groups in total. The maximum absolute atomic E-state index is 10.6. The van der Waals surface area contributed by atoms with Crippen LogP contribution in [0.3, 0.4) is 0 Å². The van der Waals surface area contributed by atoms with E-state index in [4.69, 9.17) is 15.4 Å². The summed E-state index contributed by atoms with van der Waals surface area (Å²) in [6.45, 7) is 0. The van der Waals surface area contributed by atoms with Crippen molar-refractivity contribution >= 4 is 24.1 Å². The molecule has 1 heterocycles. The molecule has 7 nitrogen and oxygen atoms in total. The first-order chi connectivity index (χ1) is 12.7. The molecule has 0 spiro atoms. The van der Waals surface area contributed by atoms with Gasteiger partial charge in [0.25, 0.3) is 0 Å². The van der Waals surface area contributed by atoms with E-state index >= 15 is 0 Å². The molecule has 7 heteroatoms. The van der Waals surface area contributed by atoms with Gasteiger partial charge < -0.3 is 14.9 Å². The van der Waals surface area contributed by atoms with Gasteiger partial charge in [-0.25, -0.2) is 20.6 Å². The number of oxazole rings is 1. The first-order valence-corrected chi connectivity index (χ1v) is 7.72. The lowest BCUT2D eigenvalue weighted by Crippen LogP contribution is -2.18. The van der Waals surface area contributed by atoms with E-state index in [0.29, 0.717) is 11.6 Å². The van der Waals surface area contributed by atoms with Gasteiger partial charge in [-0.05, 0) is 35.9 Å². The first kappa shape index (κ1) is 17.1. The lowest BCUT2D eigenvalue weighted by atomic mass is 10.1. The molecular formula is C19H16N4O3. The molecule has 0 fully saturated rings. The molecule has 3 rings (SSSR count). The van der Waals surface area contributed by atoms with E-state index in [1.54, 1.807) is 18.4 Å². The molecule has 0 aliphatic heterocycles. The number of carboxylic acid groups (broad SMARTS) is 1. The smallest absolute Gasteiger partial charge is 0.328 e. The van der Waals surface area contributed by atoms with Crippen molar-refractivity contribution in [1.82, 2.24) is 10.4 Å². The third-order valence-electron chi connectivity index (χ3n) is 3.51. The maximum Gasteiger partial charge on any atom is 0.328 e. The van der Waals surface area contributed by atoms with Crippen molar-refractivity contribution in [1.29, 1.82) is 0 Å². The molecule has 0 unspecified atom stereocenters. The average Bonchev–Trinajstić information content (AvgIpc) is 3.15. The molecule has 0 aliphatic carbocycles. The van der Waals surface area contributed by atoms with E-state index < -0.39 is 5.97 Å². The standard InChI is InChI=1S/C19H16N4O3/c20-22-12-21-16-3-1-2-15(10-16)17-11-26-19(23-17)14-7-4-13(5-8-14)6-9-18(24)25/h1-12H,20H2,(H,21,22)(H,24,25). The Morgan fingerprint density at radius 1 is 1.19 bits per heavy atom. The summed E-state index contributed by atoms with van der Waals surface area (Å²) in [5.74, 6) is 4.67. The monoisotopic (exact) mass is 348 g/mol. The maximum atomic E-state index is 10.6. The minimum atomic E-state index is -0.986. The highest BCUT2D eigenvalue weighted by Crippen LogP contribution is 2.27. The summed E-state index contributed by atoms with van der Waals surface area (Å²) >= 11 is 0. The Morgan fingerprint density at radius 3 is 2.73 bits per heavy atom. The Morgan fingerprint density at radius 2 is 2.00 bits per heavy atom. The Hall–Kier alpha value is -3.71. The Balaban J connectivity index is 1.82. The SMILES string of the molecule is NNC=Nc1cccc(-c2coc(-c3ccc(C=CC(=O)O)cc3)n2)c1. The molecule has 0 amide bonds. The van der Waals surface area contributed by atoms with Crippen LogP contribution in [0.4, 0.5) is 5.69 Å². The number of carbonyl (C=O) groups is 1. The second-order valence-electron chi connectivity index (χ2n) is 5.31. The van der Waals surface area contributed by atoms with Crippen LogP contribution in [0.1, 0.15) is 5.56 Å². The Bertz CT molecular complexity index is 959. The van der Waals surface area contributed by atoms with Gasteiger partial charge in [-0.1, -0.05) is 24.3 Å². The molecule has 0 radical (unpaired) electrons. The summed E-state index contributed by atoms with van der Waals surface area (Å²) in [4.78, 5) is 19.2. The topological polar surface area (TPSA) is 114 Å². The minimum absolute atomic E-state index is 0.478. The van der Waals surface area contributed by atoms with Crippen LogP contribution in [0.25, 0.3) is 28.8 Å². The van der Waals surface area contributed by atoms with Gasteiger partial charge in [0, 0.05) is 17.2 Å². The summed E-state index contributed by atoms with van der Waals surface area (Å²) in [6, 6.07) is 14.8. The molecular weight excluding hydrogens is 332 g/mol. The van der Waals surface area contributed by atoms with Gasteiger partial charge in [-0.15, -0.1) is 0 Å². The number of aliphatic carboxylic acids is 1. The van der Waals surface area contributed by atoms with Crippen molar-refractivity contribution in [3.8, 4) is 22.7 Å². The molecule has 3 aromatic rings. The molecule has 26 heavy (non-hydrogen) atoms. The lowest BCUT2D eigenvalue weighted by Gasteiger charge is -1.98. The highest BCUT2D eigenvalue weighted by Gasteiger charge is 2.09. The lowest BCUT2D eigenvalue weighted by molar-refractivity contribution is -0.131. The number of hydrogen-bond acceptors (Lipinski definition) is 5. The van der Waals surface area contributed by atoms with E-state index in [-0.39, 0.29) is 0 Å². The zero-order valence-corrected chi connectivity index (χ0v) is 13.7. The summed E-state index contributed by atoms with van der Waals surface area (Å²) < 4.78 is 5.57. The number of aromatic nitrogens is 1. The van der Waals surface area contributed by atoms with Gasteiger partial charge in [0.1, 0.15) is 18.3 Å². The van der Waals surface area contributed by atoms with Crippen molar-refractivity contribution in [2.24, 2.45) is 10.8 Å². The average molecular weight is 348 g/mol. The van der Waals surface area contributed by atoms with E-state index in [9.17, 15) is 4.79 Å². The largest absolute Gasteiger partial charge is 0.478 e. The fourth-order valence-corrected chi connectivity index (χ4v) is 2.30. The van der Waals surface area contributed by atoms with Crippen LogP contribution in [0.5, 0.6) is 0 Å². The fraction of sp³-hybridized carbons (Fsp3) is 0. The predicted octanol–water partition coefficient (Wildman–Crippen LogP) is 3.23. The number of rotatable bonds is 6. The van der Waals surface area contributed by atoms with Crippen LogP contribution in [-0.4, -0.2) is 22.4 Å². The second kappa shape index (κ2) is 7.91. The number of hydrogen-bond donors (Lipinski definition) is 3. The van der Waals surface area contributed by atoms with Crippen molar-refractivity contribution in [2.45, 2.75) is 0 Å². The van der Waals surface area contributed by atoms with E-state index in [2.05, 4.69) is 15.4 Å². The normalized spacial score (nSPS) is 11.3. The van der Waals surface area contributed by atoms with Crippen molar-refractivity contribution in [2.75, 3.05) is 0 Å². The van der Waals surface area contributed by atoms with Gasteiger partial charge in [0.05, 0.1) is 5.69 Å². The van der Waals surface area contributed by atoms with E-state index in [1.807, 2.05) is 36.4 Å². The molecule has 0 saturated heterocycles. The Labute approximate surface area is 149 Å². The molecule has 0 saturated carbocycles. The first-order valence-electron chi connectivity index (χ1n) is 7.72. The van der Waals surface area contributed by atoms with Crippen LogP contribution in [0.15, 0.2) is 70.3 Å². The number of nitrogens with zero attached hydrogens (tertiary/aromatic N) is 2. The zero-order valence-electron chi connectivity index (χ0n) is 13.7. The fourth-order valence-electron chi connectivity index (χ4n) is 2.30. The molecule has 2 aromatic carbocycles. The third-order valence-corrected chi connectivity index (χ3v) is 3.51. The summed E-state index contributed by atoms with van der Waals surface area (Å²) in [5, 5.41) is 8.66. The van der Waals surface area contributed by atoms with Gasteiger partial charge in [0.15, 0.2) is 0 Å². The number of benzene rings is 2. The van der Waals surface area contributed by atoms with Crippen molar-refractivity contribution in [3.63, 3.8) is 0 Å². The second-order valence-corrected chi connectivity index (χ2v) is 5.31. The van der Waals surface area contributed by atoms with Gasteiger partial charge in [-0.3, -0.25) is 0 Å². The predicted molar refractivity (Wildman–Crippen MR) is 99.5 cm³/mol. The quantitative estimate of drug-likeness (QED) is 0.207. The van der Waals surface area contributed by atoms with Crippen LogP contribution in [0.2, 0.25) is 0 Å². The molecule has 1 aromatic heterocycles. The summed E-state index contributed by atoms with van der Waals surface area (Å²) in [5.41, 5.74) is 6.23. The molecule has 0 aliphatic rings. The number of hydrazine groups is 1. The zero-order chi connectivity index (χ0) is 18.4.